The Balaban J connectivity index is 1.66. The van der Waals surface area contributed by atoms with Crippen molar-refractivity contribution < 1.29 is 4.79 Å². The number of nitrogens with one attached hydrogen (secondary N) is 3. The molecule has 2 amide bonds. The van der Waals surface area contributed by atoms with Gasteiger partial charge in [0.25, 0.3) is 0 Å². The molecule has 1 saturated carbocycles. The summed E-state index contributed by atoms with van der Waals surface area (Å²) in [4.78, 5) is 11.8. The van der Waals surface area contributed by atoms with Crippen LogP contribution in [0, 0.1) is 17.2 Å². The average molecular weight is 304 g/mol. The number of anilines is 1. The van der Waals surface area contributed by atoms with Crippen molar-refractivity contribution in [2.45, 2.75) is 51.5 Å². The molecule has 1 aromatic heterocycles. The molecule has 7 nitrogen and oxygen atoms in total. The maximum absolute atomic E-state index is 11.8. The number of carbonyl (C=O) groups excluding carboxylic acids is 1. The number of amides is 2. The van der Waals surface area contributed by atoms with Crippen molar-refractivity contribution in [3.8, 4) is 6.07 Å². The summed E-state index contributed by atoms with van der Waals surface area (Å²) < 4.78 is 0. The van der Waals surface area contributed by atoms with E-state index in [9.17, 15) is 4.79 Å². The number of nitrogens with two attached hydrogens (primary N) is 1. The molecule has 5 N–H and O–H groups in total. The van der Waals surface area contributed by atoms with Gasteiger partial charge in [-0.1, -0.05) is 19.8 Å². The first-order chi connectivity index (χ1) is 10.6. The lowest BCUT2D eigenvalue weighted by molar-refractivity contribution is 0.227. The van der Waals surface area contributed by atoms with Crippen molar-refractivity contribution in [3.63, 3.8) is 0 Å². The number of carbonyl (C=O) groups is 1. The number of hydrogen-bond donors (Lipinski definition) is 4. The summed E-state index contributed by atoms with van der Waals surface area (Å²) in [5, 5.41) is 21.4. The smallest absolute Gasteiger partial charge is 0.315 e. The highest BCUT2D eigenvalue weighted by Crippen LogP contribution is 2.23. The maximum atomic E-state index is 11.8. The lowest BCUT2D eigenvalue weighted by atomic mass is 9.87. The van der Waals surface area contributed by atoms with Crippen LogP contribution < -0.4 is 16.4 Å². The second kappa shape index (κ2) is 7.69. The molecule has 0 unspecified atom stereocenters. The van der Waals surface area contributed by atoms with Gasteiger partial charge in [-0.25, -0.2) is 4.79 Å². The minimum atomic E-state index is -0.108. The standard InChI is InChI=1S/C15H24N6O/c1-10-4-2-5-11(8-10)19-15(22)18-7-3-6-13-12(9-16)14(17)21-20-13/h10-11H,2-8H2,1H3,(H3,17,20,21)(H2,18,19,22)/t10-,11-/m0/s1. The molecule has 1 aromatic rings. The summed E-state index contributed by atoms with van der Waals surface area (Å²) in [6.07, 6.45) is 5.93. The Hall–Kier alpha value is -2.23. The summed E-state index contributed by atoms with van der Waals surface area (Å²) in [6.45, 7) is 2.78. The van der Waals surface area contributed by atoms with Gasteiger partial charge in [0.15, 0.2) is 5.82 Å². The highest BCUT2D eigenvalue weighted by Gasteiger charge is 2.20. The zero-order valence-electron chi connectivity index (χ0n) is 13.0. The van der Waals surface area contributed by atoms with Crippen molar-refractivity contribution in [2.24, 2.45) is 5.92 Å². The lowest BCUT2D eigenvalue weighted by Gasteiger charge is -2.27. The predicted octanol–water partition coefficient (Wildman–Crippen LogP) is 1.67. The highest BCUT2D eigenvalue weighted by molar-refractivity contribution is 5.74. The minimum absolute atomic E-state index is 0.108. The van der Waals surface area contributed by atoms with Crippen molar-refractivity contribution in [1.82, 2.24) is 20.8 Å². The summed E-state index contributed by atoms with van der Waals surface area (Å²) >= 11 is 0. The topological polar surface area (TPSA) is 120 Å². The normalized spacial score (nSPS) is 21.1. The average Bonchev–Trinajstić information content (AvgIpc) is 2.84. The van der Waals surface area contributed by atoms with E-state index in [1.807, 2.05) is 6.07 Å². The Morgan fingerprint density at radius 3 is 3.09 bits per heavy atom. The molecular weight excluding hydrogens is 280 g/mol. The number of aromatic nitrogens is 2. The number of nitrogen functional groups attached to an aromatic ring is 1. The van der Waals surface area contributed by atoms with Gasteiger partial charge >= 0.3 is 6.03 Å². The first-order valence-electron chi connectivity index (χ1n) is 7.87. The van der Waals surface area contributed by atoms with Gasteiger partial charge in [-0.15, -0.1) is 0 Å². The Kier molecular flexibility index (Phi) is 5.64. The van der Waals surface area contributed by atoms with Crippen LogP contribution >= 0.6 is 0 Å². The number of hydrogen-bond acceptors (Lipinski definition) is 4. The van der Waals surface area contributed by atoms with Crippen molar-refractivity contribution in [3.05, 3.63) is 11.3 Å². The van der Waals surface area contributed by atoms with Gasteiger partial charge < -0.3 is 16.4 Å². The van der Waals surface area contributed by atoms with Gasteiger partial charge in [0.05, 0.1) is 5.69 Å². The van der Waals surface area contributed by atoms with Crippen LogP contribution in [0.1, 0.15) is 50.3 Å². The van der Waals surface area contributed by atoms with Gasteiger partial charge in [0.2, 0.25) is 0 Å². The van der Waals surface area contributed by atoms with Crippen molar-refractivity contribution in [1.29, 1.82) is 5.26 Å². The quantitative estimate of drug-likeness (QED) is 0.618. The second-order valence-corrected chi connectivity index (χ2v) is 6.05. The lowest BCUT2D eigenvalue weighted by Crippen LogP contribution is -2.44. The summed E-state index contributed by atoms with van der Waals surface area (Å²) in [7, 11) is 0. The van der Waals surface area contributed by atoms with Crippen LogP contribution in [0.2, 0.25) is 0 Å². The van der Waals surface area contributed by atoms with Gasteiger partial charge in [-0.05, 0) is 31.6 Å². The van der Waals surface area contributed by atoms with Crippen molar-refractivity contribution >= 4 is 11.8 Å². The number of aryl methyl sites for hydroxylation is 1. The molecule has 1 aliphatic rings. The van der Waals surface area contributed by atoms with Crippen LogP contribution in [0.25, 0.3) is 0 Å². The molecule has 0 saturated heterocycles. The van der Waals surface area contributed by atoms with Crippen LogP contribution in [-0.2, 0) is 6.42 Å². The van der Waals surface area contributed by atoms with Gasteiger partial charge in [-0.3, -0.25) is 5.10 Å². The zero-order valence-corrected chi connectivity index (χ0v) is 13.0. The molecule has 1 aliphatic carbocycles. The Morgan fingerprint density at radius 1 is 1.55 bits per heavy atom. The maximum Gasteiger partial charge on any atom is 0.315 e. The van der Waals surface area contributed by atoms with Crippen LogP contribution in [-0.4, -0.2) is 28.8 Å². The molecule has 120 valence electrons. The third-order valence-electron chi connectivity index (χ3n) is 4.14. The molecule has 1 fully saturated rings. The molecule has 0 aliphatic heterocycles. The first-order valence-corrected chi connectivity index (χ1v) is 7.87. The molecular formula is C15H24N6O. The van der Waals surface area contributed by atoms with Gasteiger partial charge in [0, 0.05) is 12.6 Å². The van der Waals surface area contributed by atoms with E-state index in [-0.39, 0.29) is 11.8 Å². The van der Waals surface area contributed by atoms with Gasteiger partial charge in [-0.2, -0.15) is 10.4 Å². The highest BCUT2D eigenvalue weighted by atomic mass is 16.2. The number of nitriles is 1. The van der Waals surface area contributed by atoms with Crippen LogP contribution in [0.3, 0.4) is 0 Å². The molecule has 0 spiro atoms. The molecule has 1 heterocycles. The Morgan fingerprint density at radius 2 is 2.36 bits per heavy atom. The largest absolute Gasteiger partial charge is 0.381 e. The van der Waals surface area contributed by atoms with Crippen LogP contribution in [0.5, 0.6) is 0 Å². The fraction of sp³-hybridized carbons (Fsp3) is 0.667. The van der Waals surface area contributed by atoms with E-state index in [1.165, 1.54) is 12.8 Å². The molecule has 7 heteroatoms. The Bertz CT molecular complexity index is 547. The number of H-pyrrole nitrogens is 1. The third-order valence-corrected chi connectivity index (χ3v) is 4.14. The van der Waals surface area contributed by atoms with E-state index in [4.69, 9.17) is 11.0 Å². The Labute approximate surface area is 130 Å². The van der Waals surface area contributed by atoms with E-state index in [1.54, 1.807) is 0 Å². The molecule has 0 bridgehead atoms. The first kappa shape index (κ1) is 16.1. The number of nitrogens with zero attached hydrogens (tertiary/aromatic N) is 2. The van der Waals surface area contributed by atoms with Crippen LogP contribution in [0.4, 0.5) is 10.6 Å². The summed E-state index contributed by atoms with van der Waals surface area (Å²) in [5.74, 6) is 0.920. The third kappa shape index (κ3) is 4.38. The zero-order chi connectivity index (χ0) is 15.9. The molecule has 2 atom stereocenters. The molecule has 22 heavy (non-hydrogen) atoms. The fourth-order valence-corrected chi connectivity index (χ4v) is 2.97. The second-order valence-electron chi connectivity index (χ2n) is 6.05. The number of aromatic amines is 1. The van der Waals surface area contributed by atoms with Crippen LogP contribution in [0.15, 0.2) is 0 Å². The molecule has 2 rings (SSSR count). The molecule has 0 radical (unpaired) electrons. The van der Waals surface area contributed by atoms with E-state index in [2.05, 4.69) is 27.8 Å². The summed E-state index contributed by atoms with van der Waals surface area (Å²) in [6, 6.07) is 2.22. The van der Waals surface area contributed by atoms with Crippen molar-refractivity contribution in [2.75, 3.05) is 12.3 Å². The monoisotopic (exact) mass is 304 g/mol. The van der Waals surface area contributed by atoms with Gasteiger partial charge in [0.1, 0.15) is 11.6 Å². The number of urea groups is 1. The number of rotatable bonds is 5. The van der Waals surface area contributed by atoms with E-state index in [0.29, 0.717) is 30.5 Å². The van der Waals surface area contributed by atoms with E-state index in [0.717, 1.165) is 25.0 Å². The minimum Gasteiger partial charge on any atom is -0.381 e. The SMILES string of the molecule is C[C@H]1CCC[C@H](NC(=O)NCCCc2[nH]nc(N)c2C#N)C1. The summed E-state index contributed by atoms with van der Waals surface area (Å²) in [5.41, 5.74) is 6.70. The van der Waals surface area contributed by atoms with E-state index >= 15 is 0 Å². The molecule has 0 aromatic carbocycles. The van der Waals surface area contributed by atoms with E-state index < -0.39 is 0 Å². The predicted molar refractivity (Wildman–Crippen MR) is 84.0 cm³/mol. The fourth-order valence-electron chi connectivity index (χ4n) is 2.97.